The Kier molecular flexibility index (Phi) is 5.60. The van der Waals surface area contributed by atoms with Crippen molar-refractivity contribution in [1.29, 1.82) is 0 Å². The van der Waals surface area contributed by atoms with Gasteiger partial charge in [0.25, 0.3) is 5.91 Å². The molecule has 2 aromatic rings. The summed E-state index contributed by atoms with van der Waals surface area (Å²) in [5, 5.41) is 2.48. The van der Waals surface area contributed by atoms with E-state index < -0.39 is 17.7 Å². The fourth-order valence-electron chi connectivity index (χ4n) is 3.13. The summed E-state index contributed by atoms with van der Waals surface area (Å²) < 4.78 is 5.45. The van der Waals surface area contributed by atoms with Crippen LogP contribution in [0.5, 0.6) is 0 Å². The van der Waals surface area contributed by atoms with Crippen molar-refractivity contribution in [3.05, 3.63) is 29.6 Å². The molecule has 2 heterocycles. The number of nitrogen functional groups attached to an aromatic ring is 1. The molecule has 0 saturated carbocycles. The third-order valence-electron chi connectivity index (χ3n) is 4.46. The van der Waals surface area contributed by atoms with Crippen LogP contribution < -0.4 is 10.6 Å². The number of aromatic nitrogens is 1. The van der Waals surface area contributed by atoms with E-state index in [9.17, 15) is 9.59 Å². The molecule has 1 aliphatic heterocycles. The number of hydrogen-bond donors (Lipinski definition) is 1. The van der Waals surface area contributed by atoms with Crippen molar-refractivity contribution in [2.24, 2.45) is 0 Å². The van der Waals surface area contributed by atoms with Crippen LogP contribution in [0.25, 0.3) is 11.3 Å². The Balaban J connectivity index is 1.74. The number of thiazole rings is 1. The largest absolute Gasteiger partial charge is 0.444 e. The van der Waals surface area contributed by atoms with Gasteiger partial charge in [-0.2, -0.15) is 0 Å². The van der Waals surface area contributed by atoms with E-state index >= 15 is 0 Å². The van der Waals surface area contributed by atoms with Crippen LogP contribution in [0.2, 0.25) is 0 Å². The second kappa shape index (κ2) is 7.79. The maximum absolute atomic E-state index is 13.0. The van der Waals surface area contributed by atoms with Crippen LogP contribution in [0, 0.1) is 0 Å². The van der Waals surface area contributed by atoms with Gasteiger partial charge in [0.05, 0.1) is 5.69 Å². The molecule has 2 amide bonds. The number of benzene rings is 1. The first-order chi connectivity index (χ1) is 13.2. The van der Waals surface area contributed by atoms with Crippen molar-refractivity contribution in [3.8, 4) is 11.3 Å². The number of nitrogens with zero attached hydrogens (tertiary/aromatic N) is 3. The first-order valence-corrected chi connectivity index (χ1v) is 10.1. The number of carbonyl (C=O) groups excluding carboxylic acids is 2. The minimum atomic E-state index is -0.596. The zero-order valence-corrected chi connectivity index (χ0v) is 17.5. The lowest BCUT2D eigenvalue weighted by atomic mass is 10.1. The summed E-state index contributed by atoms with van der Waals surface area (Å²) >= 11 is 1.38. The molecular weight excluding hydrogens is 376 g/mol. The number of amides is 2. The van der Waals surface area contributed by atoms with Crippen LogP contribution in [0.15, 0.2) is 29.6 Å². The first-order valence-electron chi connectivity index (χ1n) is 9.24. The number of hydrogen-bond acceptors (Lipinski definition) is 6. The molecule has 1 fully saturated rings. The molecule has 2 N–H and O–H groups in total. The summed E-state index contributed by atoms with van der Waals surface area (Å²) in [6.45, 7) is 5.97. The Morgan fingerprint density at radius 2 is 2.11 bits per heavy atom. The highest BCUT2D eigenvalue weighted by molar-refractivity contribution is 7.14. The van der Waals surface area contributed by atoms with Crippen LogP contribution >= 0.6 is 11.3 Å². The molecule has 3 rings (SSSR count). The monoisotopic (exact) mass is 402 g/mol. The molecule has 0 radical (unpaired) electrons. The molecule has 0 unspecified atom stereocenters. The molecule has 1 aromatic carbocycles. The number of likely N-dealkylation sites (N-methyl/N-ethyl adjacent to an activating group) is 1. The number of rotatable bonds is 3. The van der Waals surface area contributed by atoms with Crippen molar-refractivity contribution in [2.45, 2.75) is 45.3 Å². The van der Waals surface area contributed by atoms with E-state index in [1.165, 1.54) is 21.1 Å². The van der Waals surface area contributed by atoms with Crippen molar-refractivity contribution >= 4 is 34.2 Å². The fraction of sp³-hybridized carbons (Fsp3) is 0.450. The van der Waals surface area contributed by atoms with Gasteiger partial charge in [0.15, 0.2) is 5.13 Å². The van der Waals surface area contributed by atoms with Gasteiger partial charge in [0.1, 0.15) is 11.6 Å². The van der Waals surface area contributed by atoms with E-state index in [0.717, 1.165) is 17.7 Å². The molecule has 1 aromatic heterocycles. The number of nitrogens with two attached hydrogens (primary N) is 1. The van der Waals surface area contributed by atoms with E-state index in [-0.39, 0.29) is 5.91 Å². The second-order valence-corrected chi connectivity index (χ2v) is 8.71. The highest BCUT2D eigenvalue weighted by Crippen LogP contribution is 2.30. The molecular formula is C20H26N4O3S. The first kappa shape index (κ1) is 20.1. The van der Waals surface area contributed by atoms with Crippen LogP contribution in [0.1, 0.15) is 33.6 Å². The summed E-state index contributed by atoms with van der Waals surface area (Å²) in [6, 6.07) is 6.94. The molecule has 150 valence electrons. The van der Waals surface area contributed by atoms with Gasteiger partial charge < -0.3 is 10.5 Å². The normalized spacial score (nSPS) is 16.9. The predicted octanol–water partition coefficient (Wildman–Crippen LogP) is 3.75. The van der Waals surface area contributed by atoms with E-state index in [0.29, 0.717) is 23.8 Å². The van der Waals surface area contributed by atoms with E-state index in [4.69, 9.17) is 10.5 Å². The van der Waals surface area contributed by atoms with Gasteiger partial charge in [-0.05, 0) is 45.7 Å². The maximum atomic E-state index is 13.0. The Hall–Kier alpha value is -2.61. The number of anilines is 2. The summed E-state index contributed by atoms with van der Waals surface area (Å²) in [5.74, 6) is -0.156. The Morgan fingerprint density at radius 1 is 1.36 bits per heavy atom. The van der Waals surface area contributed by atoms with Crippen LogP contribution in [-0.2, 0) is 9.53 Å². The fourth-order valence-corrected chi connectivity index (χ4v) is 3.93. The molecule has 28 heavy (non-hydrogen) atoms. The molecule has 0 aliphatic carbocycles. The standard InChI is InChI=1S/C20H26N4O3S/c1-20(2,3)27-19(26)24-10-6-9-16(24)17(25)23(4)18-22-15(12-28-18)13-7-5-8-14(21)11-13/h5,7-8,11-12,16H,6,9-10,21H2,1-4H3/t16-/m0/s1. The maximum Gasteiger partial charge on any atom is 0.410 e. The average Bonchev–Trinajstić information content (AvgIpc) is 3.28. The Bertz CT molecular complexity index is 874. The molecule has 8 heteroatoms. The zero-order valence-electron chi connectivity index (χ0n) is 16.6. The van der Waals surface area contributed by atoms with Gasteiger partial charge >= 0.3 is 6.09 Å². The third kappa shape index (κ3) is 4.44. The predicted molar refractivity (Wildman–Crippen MR) is 111 cm³/mol. The minimum Gasteiger partial charge on any atom is -0.444 e. The topological polar surface area (TPSA) is 88.8 Å². The minimum absolute atomic E-state index is 0.156. The lowest BCUT2D eigenvalue weighted by molar-refractivity contribution is -0.122. The molecule has 1 saturated heterocycles. The molecule has 7 nitrogen and oxygen atoms in total. The summed E-state index contributed by atoms with van der Waals surface area (Å²) in [5.41, 5.74) is 7.58. The van der Waals surface area contributed by atoms with E-state index in [1.54, 1.807) is 7.05 Å². The number of ether oxygens (including phenoxy) is 1. The summed E-state index contributed by atoms with van der Waals surface area (Å²) in [4.78, 5) is 33.1. The van der Waals surface area contributed by atoms with Gasteiger partial charge in [-0.3, -0.25) is 14.6 Å². The van der Waals surface area contributed by atoms with Crippen LogP contribution in [0.3, 0.4) is 0 Å². The molecule has 0 bridgehead atoms. The zero-order chi connectivity index (χ0) is 20.5. The summed E-state index contributed by atoms with van der Waals surface area (Å²) in [6.07, 6.45) is 0.947. The lowest BCUT2D eigenvalue weighted by Gasteiger charge is -2.29. The van der Waals surface area contributed by atoms with Crippen molar-refractivity contribution in [1.82, 2.24) is 9.88 Å². The van der Waals surface area contributed by atoms with Gasteiger partial charge in [0, 0.05) is 30.2 Å². The molecule has 1 aliphatic rings. The number of likely N-dealkylation sites (tertiary alicyclic amines) is 1. The molecule has 1 atom stereocenters. The van der Waals surface area contributed by atoms with Crippen LogP contribution in [-0.4, -0.2) is 47.1 Å². The summed E-state index contributed by atoms with van der Waals surface area (Å²) in [7, 11) is 1.69. The smallest absolute Gasteiger partial charge is 0.410 e. The van der Waals surface area contributed by atoms with Gasteiger partial charge in [-0.1, -0.05) is 12.1 Å². The quantitative estimate of drug-likeness (QED) is 0.790. The second-order valence-electron chi connectivity index (χ2n) is 7.87. The molecule has 0 spiro atoms. The third-order valence-corrected chi connectivity index (χ3v) is 5.37. The lowest BCUT2D eigenvalue weighted by Crippen LogP contribution is -2.48. The van der Waals surface area contributed by atoms with E-state index in [1.807, 2.05) is 50.4 Å². The van der Waals surface area contributed by atoms with Gasteiger partial charge in [-0.25, -0.2) is 9.78 Å². The average molecular weight is 403 g/mol. The Labute approximate surface area is 169 Å². The SMILES string of the molecule is CN(C(=O)[C@@H]1CCCN1C(=O)OC(C)(C)C)c1nc(-c2cccc(N)c2)cs1. The highest BCUT2D eigenvalue weighted by Gasteiger charge is 2.38. The van der Waals surface area contributed by atoms with Gasteiger partial charge in [0.2, 0.25) is 0 Å². The van der Waals surface area contributed by atoms with Crippen molar-refractivity contribution in [2.75, 3.05) is 24.2 Å². The van der Waals surface area contributed by atoms with Crippen molar-refractivity contribution < 1.29 is 14.3 Å². The highest BCUT2D eigenvalue weighted by atomic mass is 32.1. The van der Waals surface area contributed by atoms with Gasteiger partial charge in [-0.15, -0.1) is 11.3 Å². The number of carbonyl (C=O) groups is 2. The van der Waals surface area contributed by atoms with E-state index in [2.05, 4.69) is 4.98 Å². The van der Waals surface area contributed by atoms with Crippen molar-refractivity contribution in [3.63, 3.8) is 0 Å². The van der Waals surface area contributed by atoms with Crippen LogP contribution in [0.4, 0.5) is 15.6 Å². The Morgan fingerprint density at radius 3 is 2.79 bits per heavy atom.